The summed E-state index contributed by atoms with van der Waals surface area (Å²) in [6.07, 6.45) is 4.37. The molecular formula is C17H20ClN5O. The molecule has 24 heavy (non-hydrogen) atoms. The lowest BCUT2D eigenvalue weighted by Crippen LogP contribution is -2.33. The van der Waals surface area contributed by atoms with Crippen molar-refractivity contribution in [3.05, 3.63) is 70.2 Å². The standard InChI is InChI=1S/C17H20ClN5O/c1-11(13-3-5-14(18)6-4-13)7-16-21-17(24-22-16)10-23-9-12(2)15(19)8-20-23/h3-6,8-9,11,20H,7,10,19H2,1-2H3/t11-/m0/s1. The topological polar surface area (TPSA) is 80.2 Å². The van der Waals surface area contributed by atoms with E-state index in [0.717, 1.165) is 10.6 Å². The van der Waals surface area contributed by atoms with Crippen LogP contribution in [0.15, 0.2) is 52.5 Å². The van der Waals surface area contributed by atoms with E-state index in [0.29, 0.717) is 30.4 Å². The maximum Gasteiger partial charge on any atom is 0.248 e. The maximum absolute atomic E-state index is 5.92. The number of rotatable bonds is 5. The highest BCUT2D eigenvalue weighted by Gasteiger charge is 2.15. The highest BCUT2D eigenvalue weighted by atomic mass is 35.5. The minimum atomic E-state index is 0.283. The monoisotopic (exact) mass is 345 g/mol. The van der Waals surface area contributed by atoms with Gasteiger partial charge in [0.25, 0.3) is 0 Å². The van der Waals surface area contributed by atoms with E-state index in [9.17, 15) is 0 Å². The zero-order chi connectivity index (χ0) is 17.1. The van der Waals surface area contributed by atoms with Crippen LogP contribution < -0.4 is 11.2 Å². The van der Waals surface area contributed by atoms with Crippen LogP contribution >= 0.6 is 11.6 Å². The lowest BCUT2D eigenvalue weighted by Gasteiger charge is -2.23. The summed E-state index contributed by atoms with van der Waals surface area (Å²) in [5, 5.41) is 6.66. The van der Waals surface area contributed by atoms with E-state index >= 15 is 0 Å². The molecule has 0 saturated heterocycles. The largest absolute Gasteiger partial charge is 0.397 e. The summed E-state index contributed by atoms with van der Waals surface area (Å²) in [4.78, 5) is 4.46. The molecule has 1 aromatic heterocycles. The molecule has 1 aliphatic heterocycles. The molecule has 0 amide bonds. The average molecular weight is 346 g/mol. The van der Waals surface area contributed by atoms with Gasteiger partial charge in [0.2, 0.25) is 5.89 Å². The number of nitrogens with zero attached hydrogens (tertiary/aromatic N) is 3. The van der Waals surface area contributed by atoms with Crippen LogP contribution in [0, 0.1) is 0 Å². The molecule has 7 heteroatoms. The molecule has 0 fully saturated rings. The van der Waals surface area contributed by atoms with E-state index in [4.69, 9.17) is 21.9 Å². The summed E-state index contributed by atoms with van der Waals surface area (Å²) >= 11 is 5.92. The fourth-order valence-electron chi connectivity index (χ4n) is 2.47. The van der Waals surface area contributed by atoms with Gasteiger partial charge in [0, 0.05) is 23.8 Å². The summed E-state index contributed by atoms with van der Waals surface area (Å²) < 4.78 is 5.34. The Labute approximate surface area is 145 Å². The Kier molecular flexibility index (Phi) is 4.76. The second-order valence-corrected chi connectivity index (χ2v) is 6.37. The summed E-state index contributed by atoms with van der Waals surface area (Å²) in [6.45, 7) is 4.56. The number of hydrogen-bond donors (Lipinski definition) is 2. The Bertz CT molecular complexity index is 766. The highest BCUT2D eigenvalue weighted by molar-refractivity contribution is 6.30. The van der Waals surface area contributed by atoms with Crippen LogP contribution in [0.1, 0.15) is 37.0 Å². The van der Waals surface area contributed by atoms with Crippen molar-refractivity contribution in [2.24, 2.45) is 5.73 Å². The van der Waals surface area contributed by atoms with Crippen molar-refractivity contribution in [2.75, 3.05) is 0 Å². The van der Waals surface area contributed by atoms with Crippen LogP contribution in [-0.2, 0) is 13.0 Å². The fourth-order valence-corrected chi connectivity index (χ4v) is 2.60. The molecule has 6 nitrogen and oxygen atoms in total. The second-order valence-electron chi connectivity index (χ2n) is 5.93. The molecule has 3 N–H and O–H groups in total. The van der Waals surface area contributed by atoms with Gasteiger partial charge >= 0.3 is 0 Å². The van der Waals surface area contributed by atoms with Gasteiger partial charge < -0.3 is 15.7 Å². The zero-order valence-corrected chi connectivity index (χ0v) is 14.4. The van der Waals surface area contributed by atoms with Crippen LogP contribution in [0.25, 0.3) is 0 Å². The second kappa shape index (κ2) is 6.97. The van der Waals surface area contributed by atoms with Crippen molar-refractivity contribution in [3.8, 4) is 0 Å². The number of hydrazine groups is 1. The Morgan fingerprint density at radius 1 is 1.33 bits per heavy atom. The molecule has 0 bridgehead atoms. The van der Waals surface area contributed by atoms with E-state index in [1.165, 1.54) is 5.56 Å². The predicted octanol–water partition coefficient (Wildman–Crippen LogP) is 3.09. The van der Waals surface area contributed by atoms with E-state index in [-0.39, 0.29) is 5.92 Å². The summed E-state index contributed by atoms with van der Waals surface area (Å²) in [5.74, 6) is 1.53. The molecule has 2 heterocycles. The number of halogens is 1. The first-order valence-electron chi connectivity index (χ1n) is 7.75. The molecule has 0 unspecified atom stereocenters. The van der Waals surface area contributed by atoms with Gasteiger partial charge in [0.1, 0.15) is 6.54 Å². The van der Waals surface area contributed by atoms with E-state index < -0.39 is 0 Å². The minimum Gasteiger partial charge on any atom is -0.397 e. The summed E-state index contributed by atoms with van der Waals surface area (Å²) in [5.41, 5.74) is 11.8. The number of nitrogens with one attached hydrogen (secondary N) is 1. The first kappa shape index (κ1) is 16.4. The quantitative estimate of drug-likeness (QED) is 0.866. The molecule has 1 atom stereocenters. The van der Waals surface area contributed by atoms with Crippen LogP contribution in [0.5, 0.6) is 0 Å². The van der Waals surface area contributed by atoms with Gasteiger partial charge in [-0.3, -0.25) is 5.01 Å². The number of hydrogen-bond acceptors (Lipinski definition) is 6. The Morgan fingerprint density at radius 3 is 2.79 bits per heavy atom. The Hall–Kier alpha value is -2.47. The molecule has 0 saturated carbocycles. The van der Waals surface area contributed by atoms with Gasteiger partial charge in [0.15, 0.2) is 5.82 Å². The lowest BCUT2D eigenvalue weighted by molar-refractivity contribution is 0.248. The minimum absolute atomic E-state index is 0.283. The summed E-state index contributed by atoms with van der Waals surface area (Å²) in [7, 11) is 0. The number of benzene rings is 1. The smallest absolute Gasteiger partial charge is 0.248 e. The first-order valence-corrected chi connectivity index (χ1v) is 8.13. The maximum atomic E-state index is 5.92. The average Bonchev–Trinajstić information content (AvgIpc) is 2.98. The normalized spacial score (nSPS) is 15.5. The van der Waals surface area contributed by atoms with Gasteiger partial charge in [-0.25, -0.2) is 0 Å². The molecule has 1 aromatic carbocycles. The zero-order valence-electron chi connectivity index (χ0n) is 13.7. The molecule has 126 valence electrons. The van der Waals surface area contributed by atoms with Crippen molar-refractivity contribution >= 4 is 11.6 Å². The molecule has 0 spiro atoms. The van der Waals surface area contributed by atoms with Crippen LogP contribution in [0.2, 0.25) is 5.02 Å². The Balaban J connectivity index is 1.60. The van der Waals surface area contributed by atoms with Crippen molar-refractivity contribution in [2.45, 2.75) is 32.7 Å². The molecule has 2 aromatic rings. The number of aromatic nitrogens is 2. The van der Waals surface area contributed by atoms with Crippen LogP contribution in [0.3, 0.4) is 0 Å². The predicted molar refractivity (Wildman–Crippen MR) is 92.6 cm³/mol. The molecule has 0 aliphatic carbocycles. The SMILES string of the molecule is CC1=CN(Cc2nc(C[C@H](C)c3ccc(Cl)cc3)no2)NC=C1N. The lowest BCUT2D eigenvalue weighted by atomic mass is 9.98. The van der Waals surface area contributed by atoms with Gasteiger partial charge in [0.05, 0.1) is 5.70 Å². The van der Waals surface area contributed by atoms with E-state index in [1.807, 2.05) is 42.4 Å². The van der Waals surface area contributed by atoms with Crippen LogP contribution in [0.4, 0.5) is 0 Å². The summed E-state index contributed by atoms with van der Waals surface area (Å²) in [6, 6.07) is 7.84. The van der Waals surface area contributed by atoms with Crippen LogP contribution in [-0.4, -0.2) is 15.1 Å². The first-order chi connectivity index (χ1) is 11.5. The third kappa shape index (κ3) is 3.89. The van der Waals surface area contributed by atoms with Gasteiger partial charge in [-0.1, -0.05) is 35.8 Å². The third-order valence-corrected chi connectivity index (χ3v) is 4.19. The van der Waals surface area contributed by atoms with Gasteiger partial charge in [-0.2, -0.15) is 4.98 Å². The van der Waals surface area contributed by atoms with Crippen molar-refractivity contribution < 1.29 is 4.52 Å². The highest BCUT2D eigenvalue weighted by Crippen LogP contribution is 2.21. The van der Waals surface area contributed by atoms with Gasteiger partial charge in [-0.15, -0.1) is 0 Å². The third-order valence-electron chi connectivity index (χ3n) is 3.93. The molecular weight excluding hydrogens is 326 g/mol. The molecule has 3 rings (SSSR count). The molecule has 1 aliphatic rings. The Morgan fingerprint density at radius 2 is 2.08 bits per heavy atom. The van der Waals surface area contributed by atoms with Crippen molar-refractivity contribution in [1.82, 2.24) is 20.6 Å². The van der Waals surface area contributed by atoms with Crippen molar-refractivity contribution in [3.63, 3.8) is 0 Å². The number of allylic oxidation sites excluding steroid dienone is 1. The van der Waals surface area contributed by atoms with E-state index in [1.54, 1.807) is 6.20 Å². The van der Waals surface area contributed by atoms with E-state index in [2.05, 4.69) is 22.5 Å². The van der Waals surface area contributed by atoms with Gasteiger partial charge in [-0.05, 0) is 36.1 Å². The number of nitrogens with two attached hydrogens (primary N) is 1. The fraction of sp³-hybridized carbons (Fsp3) is 0.294. The van der Waals surface area contributed by atoms with Crippen molar-refractivity contribution in [1.29, 1.82) is 0 Å². The molecule has 0 radical (unpaired) electrons.